The molecule has 0 spiro atoms. The SMILES string of the molecule is CCCc1nc(CN2CCC(NC)C2)no1. The van der Waals surface area contributed by atoms with Crippen LogP contribution in [0.4, 0.5) is 0 Å². The van der Waals surface area contributed by atoms with E-state index in [9.17, 15) is 0 Å². The van der Waals surface area contributed by atoms with Crippen molar-refractivity contribution in [3.8, 4) is 0 Å². The van der Waals surface area contributed by atoms with Gasteiger partial charge in [-0.2, -0.15) is 4.98 Å². The van der Waals surface area contributed by atoms with Crippen LogP contribution < -0.4 is 5.32 Å². The molecule has 1 fully saturated rings. The molecule has 5 heteroatoms. The highest BCUT2D eigenvalue weighted by molar-refractivity contribution is 4.89. The fourth-order valence-electron chi connectivity index (χ4n) is 2.08. The molecule has 0 bridgehead atoms. The van der Waals surface area contributed by atoms with Gasteiger partial charge in [0.2, 0.25) is 5.89 Å². The van der Waals surface area contributed by atoms with Crippen molar-refractivity contribution in [1.82, 2.24) is 20.4 Å². The Balaban J connectivity index is 1.84. The third-order valence-corrected chi connectivity index (χ3v) is 3.02. The minimum absolute atomic E-state index is 0.613. The van der Waals surface area contributed by atoms with Gasteiger partial charge in [-0.1, -0.05) is 12.1 Å². The Kier molecular flexibility index (Phi) is 3.90. The average Bonchev–Trinajstić information content (AvgIpc) is 2.89. The summed E-state index contributed by atoms with van der Waals surface area (Å²) in [6, 6.07) is 0.613. The standard InChI is InChI=1S/C11H20N4O/c1-3-4-11-13-10(14-16-11)8-15-6-5-9(7-15)12-2/h9,12H,3-8H2,1-2H3. The van der Waals surface area contributed by atoms with E-state index in [2.05, 4.69) is 27.3 Å². The second kappa shape index (κ2) is 5.41. The third kappa shape index (κ3) is 2.80. The first-order valence-corrected chi connectivity index (χ1v) is 6.03. The molecule has 1 unspecified atom stereocenters. The van der Waals surface area contributed by atoms with Crippen molar-refractivity contribution in [3.63, 3.8) is 0 Å². The predicted molar refractivity (Wildman–Crippen MR) is 61.0 cm³/mol. The Morgan fingerprint density at radius 3 is 3.12 bits per heavy atom. The predicted octanol–water partition coefficient (Wildman–Crippen LogP) is 0.816. The van der Waals surface area contributed by atoms with Gasteiger partial charge in [0.15, 0.2) is 5.82 Å². The van der Waals surface area contributed by atoms with Crippen molar-refractivity contribution in [2.75, 3.05) is 20.1 Å². The quantitative estimate of drug-likeness (QED) is 0.802. The van der Waals surface area contributed by atoms with E-state index in [0.717, 1.165) is 44.2 Å². The van der Waals surface area contributed by atoms with E-state index in [4.69, 9.17) is 4.52 Å². The number of aryl methyl sites for hydroxylation is 1. The van der Waals surface area contributed by atoms with E-state index in [-0.39, 0.29) is 0 Å². The molecule has 1 N–H and O–H groups in total. The molecule has 0 aliphatic carbocycles. The van der Waals surface area contributed by atoms with Crippen LogP contribution in [0.5, 0.6) is 0 Å². The van der Waals surface area contributed by atoms with Crippen LogP contribution in [0.15, 0.2) is 4.52 Å². The first kappa shape index (κ1) is 11.5. The highest BCUT2D eigenvalue weighted by Crippen LogP contribution is 2.12. The lowest BCUT2D eigenvalue weighted by molar-refractivity contribution is 0.302. The van der Waals surface area contributed by atoms with E-state index in [1.807, 2.05) is 7.05 Å². The monoisotopic (exact) mass is 224 g/mol. The van der Waals surface area contributed by atoms with Crippen LogP contribution in [0.3, 0.4) is 0 Å². The molecule has 2 heterocycles. The highest BCUT2D eigenvalue weighted by atomic mass is 16.5. The summed E-state index contributed by atoms with van der Waals surface area (Å²) in [6.45, 7) is 5.12. The Labute approximate surface area is 96.2 Å². The molecule has 1 aromatic rings. The first-order chi connectivity index (χ1) is 7.81. The Morgan fingerprint density at radius 2 is 2.44 bits per heavy atom. The van der Waals surface area contributed by atoms with Gasteiger partial charge < -0.3 is 9.84 Å². The summed E-state index contributed by atoms with van der Waals surface area (Å²) in [6.07, 6.45) is 3.13. The van der Waals surface area contributed by atoms with Gasteiger partial charge in [0, 0.05) is 25.6 Å². The van der Waals surface area contributed by atoms with E-state index in [1.54, 1.807) is 0 Å². The number of likely N-dealkylation sites (N-methyl/N-ethyl adjacent to an activating group) is 1. The molecule has 16 heavy (non-hydrogen) atoms. The molecule has 1 aliphatic rings. The molecule has 1 aromatic heterocycles. The molecule has 0 saturated carbocycles. The van der Waals surface area contributed by atoms with Crippen LogP contribution in [0.1, 0.15) is 31.5 Å². The second-order valence-corrected chi connectivity index (χ2v) is 4.36. The summed E-state index contributed by atoms with van der Waals surface area (Å²) >= 11 is 0. The van der Waals surface area contributed by atoms with Crippen molar-refractivity contribution in [2.24, 2.45) is 0 Å². The molecular formula is C11H20N4O. The second-order valence-electron chi connectivity index (χ2n) is 4.36. The molecular weight excluding hydrogens is 204 g/mol. The van der Waals surface area contributed by atoms with Gasteiger partial charge in [0.25, 0.3) is 0 Å². The maximum atomic E-state index is 5.17. The zero-order chi connectivity index (χ0) is 11.4. The van der Waals surface area contributed by atoms with E-state index >= 15 is 0 Å². The topological polar surface area (TPSA) is 54.2 Å². The Morgan fingerprint density at radius 1 is 1.56 bits per heavy atom. The maximum Gasteiger partial charge on any atom is 0.226 e. The zero-order valence-electron chi connectivity index (χ0n) is 10.1. The molecule has 1 atom stereocenters. The lowest BCUT2D eigenvalue weighted by Gasteiger charge is -2.12. The number of hydrogen-bond acceptors (Lipinski definition) is 5. The fraction of sp³-hybridized carbons (Fsp3) is 0.818. The van der Waals surface area contributed by atoms with Gasteiger partial charge in [0.1, 0.15) is 0 Å². The van der Waals surface area contributed by atoms with Gasteiger partial charge >= 0.3 is 0 Å². The van der Waals surface area contributed by atoms with Gasteiger partial charge in [-0.3, -0.25) is 4.90 Å². The smallest absolute Gasteiger partial charge is 0.226 e. The average molecular weight is 224 g/mol. The minimum atomic E-state index is 0.613. The summed E-state index contributed by atoms with van der Waals surface area (Å²) in [7, 11) is 2.02. The molecule has 5 nitrogen and oxygen atoms in total. The van der Waals surface area contributed by atoms with Crippen molar-refractivity contribution < 1.29 is 4.52 Å². The van der Waals surface area contributed by atoms with Crippen molar-refractivity contribution in [1.29, 1.82) is 0 Å². The van der Waals surface area contributed by atoms with Gasteiger partial charge in [-0.05, 0) is 19.9 Å². The summed E-state index contributed by atoms with van der Waals surface area (Å²) in [4.78, 5) is 6.74. The molecule has 0 radical (unpaired) electrons. The molecule has 0 amide bonds. The largest absolute Gasteiger partial charge is 0.339 e. The Hall–Kier alpha value is -0.940. The Bertz CT molecular complexity index is 326. The van der Waals surface area contributed by atoms with Crippen LogP contribution in [0, 0.1) is 0 Å². The van der Waals surface area contributed by atoms with Crippen molar-refractivity contribution in [2.45, 2.75) is 38.8 Å². The molecule has 1 aliphatic heterocycles. The van der Waals surface area contributed by atoms with E-state index < -0.39 is 0 Å². The van der Waals surface area contributed by atoms with Crippen molar-refractivity contribution >= 4 is 0 Å². The number of aromatic nitrogens is 2. The summed E-state index contributed by atoms with van der Waals surface area (Å²) in [5.74, 6) is 1.59. The van der Waals surface area contributed by atoms with Crippen LogP contribution in [0.25, 0.3) is 0 Å². The number of hydrogen-bond donors (Lipinski definition) is 1. The minimum Gasteiger partial charge on any atom is -0.339 e. The lowest BCUT2D eigenvalue weighted by atomic mass is 10.3. The molecule has 2 rings (SSSR count). The van der Waals surface area contributed by atoms with Crippen LogP contribution in [0.2, 0.25) is 0 Å². The number of rotatable bonds is 5. The first-order valence-electron chi connectivity index (χ1n) is 6.03. The summed E-state index contributed by atoms with van der Waals surface area (Å²) in [5.41, 5.74) is 0. The van der Waals surface area contributed by atoms with Gasteiger partial charge in [-0.15, -0.1) is 0 Å². The summed E-state index contributed by atoms with van der Waals surface area (Å²) in [5, 5.41) is 7.30. The third-order valence-electron chi connectivity index (χ3n) is 3.02. The van der Waals surface area contributed by atoms with Crippen molar-refractivity contribution in [3.05, 3.63) is 11.7 Å². The van der Waals surface area contributed by atoms with Crippen LogP contribution in [-0.2, 0) is 13.0 Å². The molecule has 0 aromatic carbocycles. The van der Waals surface area contributed by atoms with Gasteiger partial charge in [-0.25, -0.2) is 0 Å². The van der Waals surface area contributed by atoms with Crippen LogP contribution >= 0.6 is 0 Å². The lowest BCUT2D eigenvalue weighted by Crippen LogP contribution is -2.29. The molecule has 90 valence electrons. The summed E-state index contributed by atoms with van der Waals surface area (Å²) < 4.78 is 5.17. The zero-order valence-corrected chi connectivity index (χ0v) is 10.1. The molecule has 1 saturated heterocycles. The number of nitrogens with one attached hydrogen (secondary N) is 1. The number of likely N-dealkylation sites (tertiary alicyclic amines) is 1. The van der Waals surface area contributed by atoms with E-state index in [0.29, 0.717) is 6.04 Å². The van der Waals surface area contributed by atoms with E-state index in [1.165, 1.54) is 6.42 Å². The highest BCUT2D eigenvalue weighted by Gasteiger charge is 2.22. The number of nitrogens with zero attached hydrogens (tertiary/aromatic N) is 3. The van der Waals surface area contributed by atoms with Crippen LogP contribution in [-0.4, -0.2) is 41.2 Å². The fourth-order valence-corrected chi connectivity index (χ4v) is 2.08. The maximum absolute atomic E-state index is 5.17. The normalized spacial score (nSPS) is 21.8. The van der Waals surface area contributed by atoms with Gasteiger partial charge in [0.05, 0.1) is 6.54 Å².